The number of hydrogen-bond acceptors (Lipinski definition) is 5. The van der Waals surface area contributed by atoms with Gasteiger partial charge >= 0.3 is 0 Å². The molecule has 0 saturated carbocycles. The molecule has 0 aromatic heterocycles. The predicted octanol–water partition coefficient (Wildman–Crippen LogP) is 2.37. The lowest BCUT2D eigenvalue weighted by molar-refractivity contribution is -0.143. The van der Waals surface area contributed by atoms with Crippen molar-refractivity contribution in [3.05, 3.63) is 29.8 Å². The van der Waals surface area contributed by atoms with E-state index in [1.165, 1.54) is 5.56 Å². The van der Waals surface area contributed by atoms with E-state index < -0.39 is 0 Å². The van der Waals surface area contributed by atoms with Gasteiger partial charge < -0.3 is 14.4 Å². The van der Waals surface area contributed by atoms with Gasteiger partial charge in [-0.15, -0.1) is 0 Å². The summed E-state index contributed by atoms with van der Waals surface area (Å²) in [5, 5.41) is 0. The van der Waals surface area contributed by atoms with Gasteiger partial charge in [0.2, 0.25) is 5.91 Å². The quantitative estimate of drug-likeness (QED) is 0.626. The van der Waals surface area contributed by atoms with E-state index in [2.05, 4.69) is 32.9 Å². The fraction of sp³-hybridized carbons (Fsp3) is 0.696. The molecular formula is C23H35N3O3. The van der Waals surface area contributed by atoms with Gasteiger partial charge in [0.05, 0.1) is 25.9 Å². The Morgan fingerprint density at radius 3 is 2.90 bits per heavy atom. The van der Waals surface area contributed by atoms with Crippen LogP contribution in [0, 0.1) is 0 Å². The monoisotopic (exact) mass is 401 g/mol. The van der Waals surface area contributed by atoms with Gasteiger partial charge in [0, 0.05) is 38.8 Å². The average molecular weight is 402 g/mol. The number of unbranched alkanes of at least 4 members (excludes halogenated alkanes) is 1. The fourth-order valence-corrected chi connectivity index (χ4v) is 4.76. The molecule has 0 radical (unpaired) electrons. The van der Waals surface area contributed by atoms with Crippen LogP contribution in [0.25, 0.3) is 0 Å². The third kappa shape index (κ3) is 5.30. The minimum Gasteiger partial charge on any atom is -0.494 e. The first-order valence-corrected chi connectivity index (χ1v) is 11.3. The van der Waals surface area contributed by atoms with Crippen molar-refractivity contribution in [2.45, 2.75) is 51.2 Å². The van der Waals surface area contributed by atoms with Crippen LogP contribution in [0.15, 0.2) is 24.3 Å². The number of fused-ring (bicyclic) bond motifs is 1. The minimum atomic E-state index is -0.0332. The molecule has 6 heteroatoms. The lowest BCUT2D eigenvalue weighted by Gasteiger charge is -2.41. The van der Waals surface area contributed by atoms with E-state index in [0.29, 0.717) is 11.9 Å². The van der Waals surface area contributed by atoms with E-state index in [4.69, 9.17) is 9.47 Å². The zero-order valence-corrected chi connectivity index (χ0v) is 17.7. The Morgan fingerprint density at radius 1 is 1.17 bits per heavy atom. The van der Waals surface area contributed by atoms with E-state index in [9.17, 15) is 4.79 Å². The molecule has 3 aliphatic rings. The Kier molecular flexibility index (Phi) is 7.06. The maximum atomic E-state index is 12.6. The molecule has 2 atom stereocenters. The first-order valence-electron chi connectivity index (χ1n) is 11.3. The van der Waals surface area contributed by atoms with Crippen LogP contribution in [-0.2, 0) is 16.1 Å². The van der Waals surface area contributed by atoms with Crippen molar-refractivity contribution in [1.82, 2.24) is 14.7 Å². The molecule has 160 valence electrons. The van der Waals surface area contributed by atoms with Crippen molar-refractivity contribution in [3.8, 4) is 5.75 Å². The van der Waals surface area contributed by atoms with Gasteiger partial charge in [0.25, 0.3) is 0 Å². The first-order chi connectivity index (χ1) is 14.2. The van der Waals surface area contributed by atoms with E-state index >= 15 is 0 Å². The normalized spacial score (nSPS) is 26.0. The fourth-order valence-electron chi connectivity index (χ4n) is 4.76. The Hall–Kier alpha value is -1.63. The highest BCUT2D eigenvalue weighted by atomic mass is 16.5. The third-order valence-electron chi connectivity index (χ3n) is 6.54. The maximum absolute atomic E-state index is 12.6. The van der Waals surface area contributed by atoms with Crippen LogP contribution in [-0.4, -0.2) is 85.2 Å². The Morgan fingerprint density at radius 2 is 2.03 bits per heavy atom. The standard InChI is InChI=1S/C23H35N3O3/c1-19-23(27)26-10-5-7-21(26)18-25(19)17-20-6-4-8-22(16-20)29-13-3-2-9-24-11-14-28-15-12-24/h4,6,8,16,19,21H,2-3,5,7,9-15,17-18H2,1H3/t19-,21-/m1/s1. The molecule has 1 amide bonds. The van der Waals surface area contributed by atoms with Crippen LogP contribution in [0.3, 0.4) is 0 Å². The minimum absolute atomic E-state index is 0.0332. The van der Waals surface area contributed by atoms with Crippen LogP contribution in [0.2, 0.25) is 0 Å². The average Bonchev–Trinajstić information content (AvgIpc) is 3.21. The van der Waals surface area contributed by atoms with E-state index in [1.807, 2.05) is 13.0 Å². The van der Waals surface area contributed by atoms with E-state index in [-0.39, 0.29) is 6.04 Å². The van der Waals surface area contributed by atoms with Crippen LogP contribution >= 0.6 is 0 Å². The Labute approximate surface area is 174 Å². The zero-order chi connectivity index (χ0) is 20.1. The smallest absolute Gasteiger partial charge is 0.239 e. The second kappa shape index (κ2) is 9.92. The summed E-state index contributed by atoms with van der Waals surface area (Å²) in [6.07, 6.45) is 4.51. The second-order valence-corrected chi connectivity index (χ2v) is 8.59. The van der Waals surface area contributed by atoms with Gasteiger partial charge in [0.1, 0.15) is 5.75 Å². The molecule has 3 saturated heterocycles. The summed E-state index contributed by atoms with van der Waals surface area (Å²) in [6, 6.07) is 8.76. The number of carbonyl (C=O) groups excluding carboxylic acids is 1. The molecule has 4 rings (SSSR count). The lowest BCUT2D eigenvalue weighted by Crippen LogP contribution is -2.58. The summed E-state index contributed by atoms with van der Waals surface area (Å²) in [5.74, 6) is 1.23. The molecule has 3 fully saturated rings. The molecule has 0 unspecified atom stereocenters. The van der Waals surface area contributed by atoms with Crippen molar-refractivity contribution in [1.29, 1.82) is 0 Å². The molecule has 1 aromatic rings. The number of amides is 1. The van der Waals surface area contributed by atoms with Crippen molar-refractivity contribution < 1.29 is 14.3 Å². The number of morpholine rings is 1. The molecular weight excluding hydrogens is 366 g/mol. The van der Waals surface area contributed by atoms with Gasteiger partial charge in [-0.05, 0) is 56.8 Å². The molecule has 0 bridgehead atoms. The summed E-state index contributed by atoms with van der Waals surface area (Å²) in [4.78, 5) is 19.5. The highest BCUT2D eigenvalue weighted by molar-refractivity contribution is 5.83. The number of ether oxygens (including phenoxy) is 2. The highest BCUT2D eigenvalue weighted by Gasteiger charge is 2.39. The van der Waals surface area contributed by atoms with Crippen LogP contribution in [0.4, 0.5) is 0 Å². The Balaban J connectivity index is 1.22. The summed E-state index contributed by atoms with van der Waals surface area (Å²) in [6.45, 7) is 10.5. The van der Waals surface area contributed by atoms with E-state index in [1.54, 1.807) is 0 Å². The predicted molar refractivity (Wildman–Crippen MR) is 113 cm³/mol. The maximum Gasteiger partial charge on any atom is 0.239 e. The number of nitrogens with zero attached hydrogens (tertiary/aromatic N) is 3. The number of rotatable bonds is 8. The molecule has 0 spiro atoms. The molecule has 0 aliphatic carbocycles. The lowest BCUT2D eigenvalue weighted by atomic mass is 10.1. The van der Waals surface area contributed by atoms with Gasteiger partial charge in [0.15, 0.2) is 0 Å². The molecule has 0 N–H and O–H groups in total. The van der Waals surface area contributed by atoms with Crippen LogP contribution in [0.1, 0.15) is 38.2 Å². The molecule has 29 heavy (non-hydrogen) atoms. The van der Waals surface area contributed by atoms with Crippen molar-refractivity contribution in [3.63, 3.8) is 0 Å². The third-order valence-corrected chi connectivity index (χ3v) is 6.54. The van der Waals surface area contributed by atoms with Gasteiger partial charge in [-0.3, -0.25) is 14.6 Å². The molecule has 3 heterocycles. The van der Waals surface area contributed by atoms with Gasteiger partial charge in [-0.2, -0.15) is 0 Å². The van der Waals surface area contributed by atoms with Gasteiger partial charge in [-0.25, -0.2) is 0 Å². The number of carbonyl (C=O) groups is 1. The molecule has 3 aliphatic heterocycles. The summed E-state index contributed by atoms with van der Waals surface area (Å²) >= 11 is 0. The van der Waals surface area contributed by atoms with Crippen molar-refractivity contribution >= 4 is 5.91 Å². The summed E-state index contributed by atoms with van der Waals surface area (Å²) < 4.78 is 11.4. The van der Waals surface area contributed by atoms with E-state index in [0.717, 1.165) is 90.5 Å². The number of piperazine rings is 1. The van der Waals surface area contributed by atoms with Gasteiger partial charge in [-0.1, -0.05) is 12.1 Å². The molecule has 6 nitrogen and oxygen atoms in total. The topological polar surface area (TPSA) is 45.2 Å². The zero-order valence-electron chi connectivity index (χ0n) is 17.7. The molecule has 1 aromatic carbocycles. The van der Waals surface area contributed by atoms with Crippen molar-refractivity contribution in [2.24, 2.45) is 0 Å². The van der Waals surface area contributed by atoms with Crippen LogP contribution < -0.4 is 4.74 Å². The largest absolute Gasteiger partial charge is 0.494 e. The first kappa shape index (κ1) is 20.6. The number of hydrogen-bond donors (Lipinski definition) is 0. The van der Waals surface area contributed by atoms with Crippen LogP contribution in [0.5, 0.6) is 5.75 Å². The van der Waals surface area contributed by atoms with Crippen molar-refractivity contribution in [2.75, 3.05) is 52.5 Å². The second-order valence-electron chi connectivity index (χ2n) is 8.59. The Bertz CT molecular complexity index is 677. The SMILES string of the molecule is C[C@@H]1C(=O)N2CCC[C@@H]2CN1Cc1cccc(OCCCCN2CCOCC2)c1. The highest BCUT2D eigenvalue weighted by Crippen LogP contribution is 2.27. The summed E-state index contributed by atoms with van der Waals surface area (Å²) in [5.41, 5.74) is 1.22. The number of benzene rings is 1. The summed E-state index contributed by atoms with van der Waals surface area (Å²) in [7, 11) is 0.